The number of nitrogens with zero attached hydrogens (tertiary/aromatic N) is 2. The molecule has 5 amide bonds. The van der Waals surface area contributed by atoms with Crippen molar-refractivity contribution in [1.29, 1.82) is 0 Å². The lowest BCUT2D eigenvalue weighted by molar-refractivity contribution is -0.143. The number of carbonyl (C=O) groups excluding carboxylic acids is 4. The minimum absolute atomic E-state index is 0.149. The Morgan fingerprint density at radius 3 is 2.30 bits per heavy atom. The highest BCUT2D eigenvalue weighted by Crippen LogP contribution is 2.14. The van der Waals surface area contributed by atoms with Crippen molar-refractivity contribution in [2.24, 2.45) is 0 Å². The zero-order chi connectivity index (χ0) is 17.0. The fourth-order valence-electron chi connectivity index (χ4n) is 2.08. The van der Waals surface area contributed by atoms with Crippen molar-refractivity contribution < 1.29 is 23.6 Å². The summed E-state index contributed by atoms with van der Waals surface area (Å²) in [5.74, 6) is -3.04. The number of hydrogen-bond acceptors (Lipinski definition) is 4. The van der Waals surface area contributed by atoms with Crippen LogP contribution in [0.15, 0.2) is 24.3 Å². The van der Waals surface area contributed by atoms with Crippen molar-refractivity contribution in [2.75, 3.05) is 18.4 Å². The Hall–Kier alpha value is -2.77. The van der Waals surface area contributed by atoms with Crippen LogP contribution in [0.2, 0.25) is 0 Å². The van der Waals surface area contributed by atoms with Gasteiger partial charge in [0.05, 0.1) is 0 Å². The van der Waals surface area contributed by atoms with E-state index in [1.54, 1.807) is 0 Å². The predicted molar refractivity (Wildman–Crippen MR) is 78.8 cm³/mol. The molecule has 0 aromatic heterocycles. The summed E-state index contributed by atoms with van der Waals surface area (Å²) in [5.41, 5.74) is 0.324. The quantitative estimate of drug-likeness (QED) is 0.633. The highest BCUT2D eigenvalue weighted by molar-refractivity contribution is 6.45. The average Bonchev–Trinajstić information content (AvgIpc) is 2.72. The van der Waals surface area contributed by atoms with E-state index in [9.17, 15) is 23.6 Å². The molecule has 23 heavy (non-hydrogen) atoms. The number of halogens is 1. The van der Waals surface area contributed by atoms with Gasteiger partial charge in [-0.05, 0) is 30.7 Å². The van der Waals surface area contributed by atoms with E-state index in [-0.39, 0.29) is 6.54 Å². The van der Waals surface area contributed by atoms with E-state index in [0.717, 1.165) is 23.5 Å². The largest absolute Gasteiger partial charge is 0.334 e. The predicted octanol–water partition coefficient (Wildman–Crippen LogP) is 1.36. The van der Waals surface area contributed by atoms with Crippen molar-refractivity contribution in [3.63, 3.8) is 0 Å². The molecule has 0 unspecified atom stereocenters. The molecule has 0 atom stereocenters. The Labute approximate surface area is 132 Å². The van der Waals surface area contributed by atoms with E-state index in [0.29, 0.717) is 17.0 Å². The van der Waals surface area contributed by atoms with Crippen LogP contribution >= 0.6 is 0 Å². The molecular formula is C15H16FN3O4. The molecule has 1 aromatic carbocycles. The molecule has 0 saturated carbocycles. The highest BCUT2D eigenvalue weighted by atomic mass is 19.1. The van der Waals surface area contributed by atoms with Crippen molar-refractivity contribution >= 4 is 29.4 Å². The molecule has 1 fully saturated rings. The van der Waals surface area contributed by atoms with Crippen LogP contribution in [0.3, 0.4) is 0 Å². The molecule has 1 N–H and O–H groups in total. The zero-order valence-electron chi connectivity index (χ0n) is 12.5. The van der Waals surface area contributed by atoms with Gasteiger partial charge in [0, 0.05) is 12.2 Å². The molecule has 1 saturated heterocycles. The number of rotatable bonds is 6. The standard InChI is InChI=1S/C15H16FN3O4/c1-2-3-8-18-13(21)14(22)19(15(18)23)9-12(20)17-11-6-4-10(16)5-7-11/h4-7H,2-3,8-9H2,1H3,(H,17,20). The summed E-state index contributed by atoms with van der Waals surface area (Å²) in [6, 6.07) is 4.23. The van der Waals surface area contributed by atoms with Gasteiger partial charge in [-0.25, -0.2) is 14.1 Å². The van der Waals surface area contributed by atoms with E-state index in [1.807, 2.05) is 6.92 Å². The summed E-state index contributed by atoms with van der Waals surface area (Å²) in [6.07, 6.45) is 1.34. The number of carbonyl (C=O) groups is 4. The Morgan fingerprint density at radius 2 is 1.70 bits per heavy atom. The van der Waals surface area contributed by atoms with Crippen molar-refractivity contribution in [3.8, 4) is 0 Å². The Kier molecular flexibility index (Phi) is 5.05. The summed E-state index contributed by atoms with van der Waals surface area (Å²) in [4.78, 5) is 48.9. The number of unbranched alkanes of at least 4 members (excludes halogenated alkanes) is 1. The zero-order valence-corrected chi connectivity index (χ0v) is 12.5. The molecule has 0 bridgehead atoms. The maximum atomic E-state index is 12.8. The number of imide groups is 2. The van der Waals surface area contributed by atoms with Gasteiger partial charge < -0.3 is 5.32 Å². The van der Waals surface area contributed by atoms with Gasteiger partial charge in [-0.1, -0.05) is 13.3 Å². The first-order valence-corrected chi connectivity index (χ1v) is 7.16. The molecule has 1 aliphatic heterocycles. The van der Waals surface area contributed by atoms with Crippen LogP contribution in [-0.4, -0.2) is 46.6 Å². The first kappa shape index (κ1) is 16.6. The molecule has 1 aromatic rings. The normalized spacial score (nSPS) is 14.6. The first-order chi connectivity index (χ1) is 10.9. The van der Waals surface area contributed by atoms with E-state index in [1.165, 1.54) is 12.1 Å². The number of urea groups is 1. The molecule has 7 nitrogen and oxygen atoms in total. The molecule has 1 aliphatic rings. The molecule has 1 heterocycles. The number of nitrogens with one attached hydrogen (secondary N) is 1. The second-order valence-electron chi connectivity index (χ2n) is 5.04. The number of anilines is 1. The van der Waals surface area contributed by atoms with Gasteiger partial charge in [0.15, 0.2) is 0 Å². The van der Waals surface area contributed by atoms with E-state index in [4.69, 9.17) is 0 Å². The Bertz CT molecular complexity index is 645. The SMILES string of the molecule is CCCCN1C(=O)C(=O)N(CC(=O)Nc2ccc(F)cc2)C1=O. The van der Waals surface area contributed by atoms with Gasteiger partial charge in [-0.15, -0.1) is 0 Å². The topological polar surface area (TPSA) is 86.8 Å². The van der Waals surface area contributed by atoms with Crippen LogP contribution in [0, 0.1) is 5.82 Å². The van der Waals surface area contributed by atoms with E-state index >= 15 is 0 Å². The van der Waals surface area contributed by atoms with Crippen molar-refractivity contribution in [3.05, 3.63) is 30.1 Å². The third-order valence-corrected chi connectivity index (χ3v) is 3.30. The average molecular weight is 321 g/mol. The second kappa shape index (κ2) is 6.99. The summed E-state index contributed by atoms with van der Waals surface area (Å²) in [6.45, 7) is 1.47. The summed E-state index contributed by atoms with van der Waals surface area (Å²) in [7, 11) is 0. The van der Waals surface area contributed by atoms with Gasteiger partial charge in [0.25, 0.3) is 0 Å². The minimum atomic E-state index is -1.01. The molecule has 0 spiro atoms. The fraction of sp³-hybridized carbons (Fsp3) is 0.333. The van der Waals surface area contributed by atoms with Crippen molar-refractivity contribution in [2.45, 2.75) is 19.8 Å². The van der Waals surface area contributed by atoms with Gasteiger partial charge in [0.1, 0.15) is 12.4 Å². The molecular weight excluding hydrogens is 305 g/mol. The number of amides is 5. The number of hydrogen-bond donors (Lipinski definition) is 1. The van der Waals surface area contributed by atoms with Gasteiger partial charge >= 0.3 is 17.8 Å². The van der Waals surface area contributed by atoms with Crippen LogP contribution in [-0.2, 0) is 14.4 Å². The van der Waals surface area contributed by atoms with Crippen molar-refractivity contribution in [1.82, 2.24) is 9.80 Å². The van der Waals surface area contributed by atoms with Gasteiger partial charge in [-0.3, -0.25) is 19.3 Å². The lowest BCUT2D eigenvalue weighted by atomic mass is 10.3. The molecule has 8 heteroatoms. The smallest absolute Gasteiger partial charge is 0.325 e. The molecule has 122 valence electrons. The first-order valence-electron chi connectivity index (χ1n) is 7.16. The molecule has 0 aliphatic carbocycles. The molecule has 2 rings (SSSR count). The third-order valence-electron chi connectivity index (χ3n) is 3.30. The Morgan fingerprint density at radius 1 is 1.09 bits per heavy atom. The lowest BCUT2D eigenvalue weighted by Crippen LogP contribution is -2.39. The van der Waals surface area contributed by atoms with Crippen LogP contribution in [0.25, 0.3) is 0 Å². The Balaban J connectivity index is 2.00. The van der Waals surface area contributed by atoms with E-state index < -0.39 is 36.1 Å². The van der Waals surface area contributed by atoms with Gasteiger partial charge in [-0.2, -0.15) is 0 Å². The summed E-state index contributed by atoms with van der Waals surface area (Å²) in [5, 5.41) is 2.43. The minimum Gasteiger partial charge on any atom is -0.325 e. The van der Waals surface area contributed by atoms with Crippen LogP contribution in [0.4, 0.5) is 14.9 Å². The van der Waals surface area contributed by atoms with Crippen LogP contribution in [0.5, 0.6) is 0 Å². The van der Waals surface area contributed by atoms with Crippen LogP contribution in [0.1, 0.15) is 19.8 Å². The second-order valence-corrected chi connectivity index (χ2v) is 5.04. The van der Waals surface area contributed by atoms with Gasteiger partial charge in [0.2, 0.25) is 5.91 Å². The maximum Gasteiger partial charge on any atom is 0.334 e. The highest BCUT2D eigenvalue weighted by Gasteiger charge is 2.44. The fourth-order valence-corrected chi connectivity index (χ4v) is 2.08. The maximum absolute atomic E-state index is 12.8. The number of benzene rings is 1. The summed E-state index contributed by atoms with van der Waals surface area (Å²) < 4.78 is 12.8. The monoisotopic (exact) mass is 321 g/mol. The van der Waals surface area contributed by atoms with Crippen LogP contribution < -0.4 is 5.32 Å². The van der Waals surface area contributed by atoms with E-state index in [2.05, 4.69) is 5.32 Å². The third kappa shape index (κ3) is 3.71. The summed E-state index contributed by atoms with van der Waals surface area (Å²) >= 11 is 0. The lowest BCUT2D eigenvalue weighted by Gasteiger charge is -2.15. The molecule has 0 radical (unpaired) electrons.